The summed E-state index contributed by atoms with van der Waals surface area (Å²) in [5, 5.41) is 8.92. The number of aryl methyl sites for hydroxylation is 2. The van der Waals surface area contributed by atoms with Crippen molar-refractivity contribution in [1.29, 1.82) is 0 Å². The number of benzene rings is 2. The first kappa shape index (κ1) is 21.3. The van der Waals surface area contributed by atoms with Crippen molar-refractivity contribution in [1.82, 2.24) is 5.32 Å². The Morgan fingerprint density at radius 2 is 1.89 bits per heavy atom. The van der Waals surface area contributed by atoms with Crippen molar-refractivity contribution in [3.05, 3.63) is 53.6 Å². The normalized spacial score (nSPS) is 11.4. The first-order valence-electron chi connectivity index (χ1n) is 9.48. The highest BCUT2D eigenvalue weighted by Gasteiger charge is 2.16. The second-order valence-corrected chi connectivity index (χ2v) is 6.74. The highest BCUT2D eigenvalue weighted by molar-refractivity contribution is 5.92. The number of carbonyl (C=O) groups is 2. The third-order valence-corrected chi connectivity index (χ3v) is 4.44. The summed E-state index contributed by atoms with van der Waals surface area (Å²) in [6, 6.07) is 12.9. The molecule has 0 radical (unpaired) electrons. The second-order valence-electron chi connectivity index (χ2n) is 6.74. The highest BCUT2D eigenvalue weighted by Crippen LogP contribution is 2.18. The molecule has 2 aromatic carbocycles. The molecule has 0 aliphatic rings. The van der Waals surface area contributed by atoms with Gasteiger partial charge in [-0.1, -0.05) is 30.7 Å². The van der Waals surface area contributed by atoms with Gasteiger partial charge in [0.2, 0.25) is 11.8 Å². The largest absolute Gasteiger partial charge is 0.497 e. The fourth-order valence-corrected chi connectivity index (χ4v) is 2.86. The number of hydrogen-bond acceptors (Lipinski definition) is 4. The summed E-state index contributed by atoms with van der Waals surface area (Å²) in [6.45, 7) is 6.19. The third-order valence-electron chi connectivity index (χ3n) is 4.44. The van der Waals surface area contributed by atoms with E-state index in [1.165, 1.54) is 0 Å². The predicted octanol–water partition coefficient (Wildman–Crippen LogP) is 3.65. The highest BCUT2D eigenvalue weighted by atomic mass is 16.5. The minimum atomic E-state index is -0.380. The van der Waals surface area contributed by atoms with Gasteiger partial charge in [0.05, 0.1) is 7.11 Å². The molecule has 0 saturated carbocycles. The predicted molar refractivity (Wildman–Crippen MR) is 113 cm³/mol. The van der Waals surface area contributed by atoms with E-state index in [1.54, 1.807) is 7.11 Å². The number of methoxy groups -OCH3 is 1. The van der Waals surface area contributed by atoms with Crippen molar-refractivity contribution in [2.45, 2.75) is 39.7 Å². The average molecular weight is 383 g/mol. The standard InChI is InChI=1S/C22H29N3O3/c1-5-19(24-17-7-6-8-18(14-17)28-4)22(27)23-12-11-21(26)25-20-10-9-15(2)13-16(20)3/h6-10,13-14,19,24H,5,11-12H2,1-4H3,(H,23,27)(H,25,26)/t19-/m1/s1. The molecule has 0 aliphatic heterocycles. The fraction of sp³-hybridized carbons (Fsp3) is 0.364. The summed E-state index contributed by atoms with van der Waals surface area (Å²) in [4.78, 5) is 24.6. The summed E-state index contributed by atoms with van der Waals surface area (Å²) in [5.74, 6) is 0.467. The van der Waals surface area contributed by atoms with Crippen LogP contribution in [0, 0.1) is 13.8 Å². The molecule has 3 N–H and O–H groups in total. The molecule has 0 fully saturated rings. The van der Waals surface area contributed by atoms with Crippen LogP contribution in [-0.2, 0) is 9.59 Å². The number of hydrogen-bond donors (Lipinski definition) is 3. The maximum atomic E-state index is 12.4. The van der Waals surface area contributed by atoms with E-state index in [-0.39, 0.29) is 30.8 Å². The minimum absolute atomic E-state index is 0.124. The monoisotopic (exact) mass is 383 g/mol. The van der Waals surface area contributed by atoms with E-state index in [0.717, 1.165) is 28.3 Å². The van der Waals surface area contributed by atoms with Crippen LogP contribution in [0.5, 0.6) is 5.75 Å². The van der Waals surface area contributed by atoms with E-state index in [4.69, 9.17) is 4.74 Å². The van der Waals surface area contributed by atoms with Gasteiger partial charge in [-0.05, 0) is 44.0 Å². The van der Waals surface area contributed by atoms with Crippen LogP contribution in [0.4, 0.5) is 11.4 Å². The number of ether oxygens (including phenoxy) is 1. The van der Waals surface area contributed by atoms with Crippen LogP contribution < -0.4 is 20.7 Å². The topological polar surface area (TPSA) is 79.5 Å². The van der Waals surface area contributed by atoms with Gasteiger partial charge >= 0.3 is 0 Å². The molecule has 2 amide bonds. The van der Waals surface area contributed by atoms with Crippen molar-refractivity contribution in [2.24, 2.45) is 0 Å². The van der Waals surface area contributed by atoms with E-state index in [9.17, 15) is 9.59 Å². The summed E-state index contributed by atoms with van der Waals surface area (Å²) in [7, 11) is 1.60. The van der Waals surface area contributed by atoms with E-state index >= 15 is 0 Å². The molecule has 0 heterocycles. The van der Waals surface area contributed by atoms with Crippen molar-refractivity contribution in [2.75, 3.05) is 24.3 Å². The molecular formula is C22H29N3O3. The fourth-order valence-electron chi connectivity index (χ4n) is 2.86. The molecule has 2 rings (SSSR count). The molecular weight excluding hydrogens is 354 g/mol. The van der Waals surface area contributed by atoms with E-state index in [0.29, 0.717) is 6.42 Å². The molecule has 1 atom stereocenters. The van der Waals surface area contributed by atoms with Crippen molar-refractivity contribution in [3.63, 3.8) is 0 Å². The van der Waals surface area contributed by atoms with Gasteiger partial charge in [-0.25, -0.2) is 0 Å². The van der Waals surface area contributed by atoms with Crippen LogP contribution >= 0.6 is 0 Å². The zero-order valence-corrected chi connectivity index (χ0v) is 17.0. The van der Waals surface area contributed by atoms with Crippen LogP contribution in [0.1, 0.15) is 30.9 Å². The van der Waals surface area contributed by atoms with Gasteiger partial charge in [-0.3, -0.25) is 9.59 Å². The Bertz CT molecular complexity index is 820. The summed E-state index contributed by atoms with van der Waals surface area (Å²) < 4.78 is 5.20. The lowest BCUT2D eigenvalue weighted by atomic mass is 10.1. The molecule has 150 valence electrons. The maximum absolute atomic E-state index is 12.4. The summed E-state index contributed by atoms with van der Waals surface area (Å²) >= 11 is 0. The molecule has 0 bridgehead atoms. The number of anilines is 2. The molecule has 0 saturated heterocycles. The Labute approximate surface area is 166 Å². The molecule has 0 aliphatic carbocycles. The van der Waals surface area contributed by atoms with Crippen LogP contribution in [0.2, 0.25) is 0 Å². The van der Waals surface area contributed by atoms with Crippen LogP contribution in [-0.4, -0.2) is 31.5 Å². The molecule has 0 aromatic heterocycles. The van der Waals surface area contributed by atoms with Gasteiger partial charge in [-0.2, -0.15) is 0 Å². The number of rotatable bonds is 9. The Morgan fingerprint density at radius 1 is 1.11 bits per heavy atom. The molecule has 0 unspecified atom stereocenters. The van der Waals surface area contributed by atoms with Crippen molar-refractivity contribution >= 4 is 23.2 Å². The van der Waals surface area contributed by atoms with Gasteiger partial charge in [0.1, 0.15) is 11.8 Å². The second kappa shape index (κ2) is 10.3. The Morgan fingerprint density at radius 3 is 2.57 bits per heavy atom. The Hall–Kier alpha value is -3.02. The first-order valence-corrected chi connectivity index (χ1v) is 9.48. The van der Waals surface area contributed by atoms with Gasteiger partial charge in [-0.15, -0.1) is 0 Å². The minimum Gasteiger partial charge on any atom is -0.497 e. The molecule has 6 nitrogen and oxygen atoms in total. The molecule has 28 heavy (non-hydrogen) atoms. The molecule has 2 aromatic rings. The first-order chi connectivity index (χ1) is 13.4. The quantitative estimate of drug-likeness (QED) is 0.618. The zero-order valence-electron chi connectivity index (χ0n) is 17.0. The van der Waals surface area contributed by atoms with Crippen LogP contribution in [0.15, 0.2) is 42.5 Å². The third kappa shape index (κ3) is 6.30. The summed E-state index contributed by atoms with van der Waals surface area (Å²) in [6.07, 6.45) is 0.840. The smallest absolute Gasteiger partial charge is 0.242 e. The van der Waals surface area contributed by atoms with Crippen LogP contribution in [0.3, 0.4) is 0 Å². The number of nitrogens with one attached hydrogen (secondary N) is 3. The molecule has 0 spiro atoms. The number of carbonyl (C=O) groups excluding carboxylic acids is 2. The Balaban J connectivity index is 1.81. The van der Waals surface area contributed by atoms with Gasteiger partial charge < -0.3 is 20.7 Å². The van der Waals surface area contributed by atoms with Gasteiger partial charge in [0, 0.05) is 30.4 Å². The zero-order chi connectivity index (χ0) is 20.5. The van der Waals surface area contributed by atoms with Gasteiger partial charge in [0.15, 0.2) is 0 Å². The maximum Gasteiger partial charge on any atom is 0.242 e. The average Bonchev–Trinajstić information content (AvgIpc) is 2.68. The van der Waals surface area contributed by atoms with Crippen LogP contribution in [0.25, 0.3) is 0 Å². The van der Waals surface area contributed by atoms with Crippen molar-refractivity contribution in [3.8, 4) is 5.75 Å². The van der Waals surface area contributed by atoms with Crippen molar-refractivity contribution < 1.29 is 14.3 Å². The summed E-state index contributed by atoms with van der Waals surface area (Å²) in [5.41, 5.74) is 3.78. The van der Waals surface area contributed by atoms with E-state index in [1.807, 2.05) is 63.2 Å². The number of amides is 2. The Kier molecular flexibility index (Phi) is 7.87. The van der Waals surface area contributed by atoms with E-state index < -0.39 is 0 Å². The molecule has 6 heteroatoms. The SMILES string of the molecule is CC[C@@H](Nc1cccc(OC)c1)C(=O)NCCC(=O)Nc1ccc(C)cc1C. The lowest BCUT2D eigenvalue weighted by Crippen LogP contribution is -2.40. The lowest BCUT2D eigenvalue weighted by molar-refractivity contribution is -0.122. The van der Waals surface area contributed by atoms with Gasteiger partial charge in [0.25, 0.3) is 0 Å². The lowest BCUT2D eigenvalue weighted by Gasteiger charge is -2.18. The van der Waals surface area contributed by atoms with E-state index in [2.05, 4.69) is 16.0 Å².